The molecule has 6 heteroatoms. The van der Waals surface area contributed by atoms with Crippen LogP contribution in [0.15, 0.2) is 54.7 Å². The Hall–Kier alpha value is -2.50. The van der Waals surface area contributed by atoms with E-state index < -0.39 is 0 Å². The maximum Gasteiger partial charge on any atom is 0.126 e. The number of benzene rings is 1. The highest BCUT2D eigenvalue weighted by Gasteiger charge is 2.09. The van der Waals surface area contributed by atoms with Crippen molar-refractivity contribution in [1.29, 1.82) is 0 Å². The number of nitrogens with zero attached hydrogens (tertiary/aromatic N) is 2. The van der Waals surface area contributed by atoms with E-state index in [0.717, 1.165) is 54.7 Å². The highest BCUT2D eigenvalue weighted by Crippen LogP contribution is 2.28. The van der Waals surface area contributed by atoms with E-state index in [0.29, 0.717) is 17.4 Å². The van der Waals surface area contributed by atoms with Crippen molar-refractivity contribution >= 4 is 17.4 Å². The molecule has 0 amide bonds. The monoisotopic (exact) mass is 398 g/mol. The van der Waals surface area contributed by atoms with Crippen molar-refractivity contribution in [2.24, 2.45) is 5.73 Å². The third-order valence-corrected chi connectivity index (χ3v) is 4.74. The minimum atomic E-state index is -0.247. The van der Waals surface area contributed by atoms with Crippen LogP contribution >= 0.6 is 11.6 Å². The first kappa shape index (κ1) is 20.2. The number of aryl methyl sites for hydroxylation is 1. The first-order chi connectivity index (χ1) is 13.7. The summed E-state index contributed by atoms with van der Waals surface area (Å²) >= 11 is 6.38. The summed E-state index contributed by atoms with van der Waals surface area (Å²) in [6, 6.07) is 14.2. The van der Waals surface area contributed by atoms with Crippen molar-refractivity contribution in [2.45, 2.75) is 32.2 Å². The second-order valence-electron chi connectivity index (χ2n) is 6.65. The SMILES string of the molecule is NCCCCCc1cc(-c2cccc(NCc3cccc(F)c3)n2)c(Cl)cn1. The molecule has 0 atom stereocenters. The van der Waals surface area contributed by atoms with Gasteiger partial charge in [0.25, 0.3) is 0 Å². The lowest BCUT2D eigenvalue weighted by atomic mass is 10.1. The van der Waals surface area contributed by atoms with E-state index in [1.54, 1.807) is 12.3 Å². The van der Waals surface area contributed by atoms with E-state index in [2.05, 4.69) is 15.3 Å². The lowest BCUT2D eigenvalue weighted by Crippen LogP contribution is -2.02. The Balaban J connectivity index is 1.72. The summed E-state index contributed by atoms with van der Waals surface area (Å²) in [5.41, 5.74) is 9.04. The van der Waals surface area contributed by atoms with Gasteiger partial charge in [-0.05, 0) is 61.7 Å². The number of hydrogen-bond donors (Lipinski definition) is 2. The summed E-state index contributed by atoms with van der Waals surface area (Å²) in [6.07, 6.45) is 5.74. The second kappa shape index (κ2) is 10.2. The molecule has 0 aliphatic carbocycles. The molecular formula is C22H24ClFN4. The number of pyridine rings is 2. The number of halogens is 2. The Labute approximate surface area is 170 Å². The van der Waals surface area contributed by atoms with Crippen LogP contribution in [0.1, 0.15) is 30.5 Å². The zero-order valence-corrected chi connectivity index (χ0v) is 16.4. The molecule has 2 heterocycles. The van der Waals surface area contributed by atoms with E-state index in [1.165, 1.54) is 12.1 Å². The number of hydrogen-bond acceptors (Lipinski definition) is 4. The van der Waals surface area contributed by atoms with E-state index in [-0.39, 0.29) is 5.82 Å². The molecule has 28 heavy (non-hydrogen) atoms. The number of nitrogens with two attached hydrogens (primary N) is 1. The van der Waals surface area contributed by atoms with E-state index in [1.807, 2.05) is 30.3 Å². The average molecular weight is 399 g/mol. The minimum absolute atomic E-state index is 0.247. The molecule has 0 saturated heterocycles. The summed E-state index contributed by atoms with van der Waals surface area (Å²) in [6.45, 7) is 1.21. The van der Waals surface area contributed by atoms with Gasteiger partial charge >= 0.3 is 0 Å². The lowest BCUT2D eigenvalue weighted by Gasteiger charge is -2.10. The molecule has 0 aliphatic rings. The Morgan fingerprint density at radius 2 is 1.89 bits per heavy atom. The number of anilines is 1. The molecule has 4 nitrogen and oxygen atoms in total. The van der Waals surface area contributed by atoms with Crippen LogP contribution in [0.25, 0.3) is 11.3 Å². The van der Waals surface area contributed by atoms with Crippen LogP contribution in [0.4, 0.5) is 10.2 Å². The molecule has 0 spiro atoms. The van der Waals surface area contributed by atoms with Crippen LogP contribution in [-0.4, -0.2) is 16.5 Å². The van der Waals surface area contributed by atoms with Gasteiger partial charge < -0.3 is 11.1 Å². The number of rotatable bonds is 9. The van der Waals surface area contributed by atoms with Gasteiger partial charge in [-0.3, -0.25) is 4.98 Å². The smallest absolute Gasteiger partial charge is 0.126 e. The van der Waals surface area contributed by atoms with Gasteiger partial charge in [0, 0.05) is 24.0 Å². The largest absolute Gasteiger partial charge is 0.366 e. The molecule has 2 aromatic heterocycles. The predicted octanol–water partition coefficient (Wildman–Crippen LogP) is 5.22. The normalized spacial score (nSPS) is 10.8. The van der Waals surface area contributed by atoms with Crippen LogP contribution in [0.5, 0.6) is 0 Å². The molecule has 3 rings (SSSR count). The predicted molar refractivity (Wildman–Crippen MR) is 113 cm³/mol. The number of nitrogens with one attached hydrogen (secondary N) is 1. The fourth-order valence-corrected chi connectivity index (χ4v) is 3.17. The van der Waals surface area contributed by atoms with Gasteiger partial charge in [0.2, 0.25) is 0 Å². The van der Waals surface area contributed by atoms with Gasteiger partial charge in [0.05, 0.1) is 10.7 Å². The van der Waals surface area contributed by atoms with Gasteiger partial charge in [-0.2, -0.15) is 0 Å². The highest BCUT2D eigenvalue weighted by molar-refractivity contribution is 6.33. The second-order valence-corrected chi connectivity index (χ2v) is 7.05. The Bertz CT molecular complexity index is 917. The zero-order valence-electron chi connectivity index (χ0n) is 15.7. The van der Waals surface area contributed by atoms with Crippen molar-refractivity contribution < 1.29 is 4.39 Å². The zero-order chi connectivity index (χ0) is 19.8. The minimum Gasteiger partial charge on any atom is -0.366 e. The summed E-state index contributed by atoms with van der Waals surface area (Å²) in [5.74, 6) is 0.461. The summed E-state index contributed by atoms with van der Waals surface area (Å²) in [5, 5.41) is 3.80. The van der Waals surface area contributed by atoms with Crippen LogP contribution in [0.3, 0.4) is 0 Å². The van der Waals surface area contributed by atoms with Gasteiger partial charge in [0.15, 0.2) is 0 Å². The molecule has 3 N–H and O–H groups in total. The third-order valence-electron chi connectivity index (χ3n) is 4.44. The Morgan fingerprint density at radius 3 is 2.71 bits per heavy atom. The molecule has 0 bridgehead atoms. The molecule has 0 radical (unpaired) electrons. The highest BCUT2D eigenvalue weighted by atomic mass is 35.5. The topological polar surface area (TPSA) is 63.8 Å². The third kappa shape index (κ3) is 5.75. The Morgan fingerprint density at radius 1 is 1.04 bits per heavy atom. The first-order valence-electron chi connectivity index (χ1n) is 9.46. The lowest BCUT2D eigenvalue weighted by molar-refractivity contribution is 0.626. The molecule has 0 fully saturated rings. The molecule has 0 unspecified atom stereocenters. The molecule has 146 valence electrons. The van der Waals surface area contributed by atoms with Crippen molar-refractivity contribution in [3.63, 3.8) is 0 Å². The number of aromatic nitrogens is 2. The fraction of sp³-hybridized carbons (Fsp3) is 0.273. The van der Waals surface area contributed by atoms with Gasteiger partial charge in [0.1, 0.15) is 11.6 Å². The maximum absolute atomic E-state index is 13.3. The van der Waals surface area contributed by atoms with Crippen molar-refractivity contribution in [2.75, 3.05) is 11.9 Å². The van der Waals surface area contributed by atoms with E-state index in [9.17, 15) is 4.39 Å². The molecule has 3 aromatic rings. The fourth-order valence-electron chi connectivity index (χ4n) is 2.96. The van der Waals surface area contributed by atoms with Crippen LogP contribution in [-0.2, 0) is 13.0 Å². The first-order valence-corrected chi connectivity index (χ1v) is 9.84. The standard InChI is InChI=1S/C22H24ClFN4/c23-20-15-26-18(8-2-1-3-11-25)13-19(20)21-9-5-10-22(28-21)27-14-16-6-4-7-17(24)12-16/h4-7,9-10,12-13,15H,1-3,8,11,14,25H2,(H,27,28). The molecular weight excluding hydrogens is 375 g/mol. The van der Waals surface area contributed by atoms with Gasteiger partial charge in [-0.25, -0.2) is 9.37 Å². The van der Waals surface area contributed by atoms with Crippen LogP contribution in [0, 0.1) is 5.82 Å². The van der Waals surface area contributed by atoms with Crippen molar-refractivity contribution in [1.82, 2.24) is 9.97 Å². The molecule has 0 saturated carbocycles. The molecule has 1 aromatic carbocycles. The average Bonchev–Trinajstić information content (AvgIpc) is 2.71. The van der Waals surface area contributed by atoms with E-state index >= 15 is 0 Å². The van der Waals surface area contributed by atoms with Crippen molar-refractivity contribution in [3.8, 4) is 11.3 Å². The van der Waals surface area contributed by atoms with E-state index in [4.69, 9.17) is 17.3 Å². The van der Waals surface area contributed by atoms with Crippen LogP contribution in [0.2, 0.25) is 5.02 Å². The summed E-state index contributed by atoms with van der Waals surface area (Å²) < 4.78 is 13.3. The molecule has 0 aliphatic heterocycles. The maximum atomic E-state index is 13.3. The van der Waals surface area contributed by atoms with Gasteiger partial charge in [-0.1, -0.05) is 36.2 Å². The summed E-state index contributed by atoms with van der Waals surface area (Å²) in [4.78, 5) is 9.09. The number of unbranched alkanes of at least 4 members (excludes halogenated alkanes) is 2. The quantitative estimate of drug-likeness (QED) is 0.485. The Kier molecular flexibility index (Phi) is 7.34. The summed E-state index contributed by atoms with van der Waals surface area (Å²) in [7, 11) is 0. The van der Waals surface area contributed by atoms with Crippen LogP contribution < -0.4 is 11.1 Å². The van der Waals surface area contributed by atoms with Crippen molar-refractivity contribution in [3.05, 3.63) is 76.8 Å². The van der Waals surface area contributed by atoms with Gasteiger partial charge in [-0.15, -0.1) is 0 Å².